The normalized spacial score (nSPS) is 14.3. The fourth-order valence-electron chi connectivity index (χ4n) is 1.13. The molecular formula is C9H9F5N2O3S. The van der Waals surface area contributed by atoms with Crippen molar-refractivity contribution in [3.8, 4) is 0 Å². The third-order valence-electron chi connectivity index (χ3n) is 2.19. The second-order valence-corrected chi connectivity index (χ2v) is 5.45. The highest BCUT2D eigenvalue weighted by molar-refractivity contribution is 7.89. The molecule has 0 amide bonds. The highest BCUT2D eigenvalue weighted by Gasteiger charge is 2.39. The van der Waals surface area contributed by atoms with E-state index in [0.717, 1.165) is 0 Å². The number of aliphatic hydroxyl groups is 1. The van der Waals surface area contributed by atoms with Crippen molar-refractivity contribution in [2.24, 2.45) is 0 Å². The van der Waals surface area contributed by atoms with Gasteiger partial charge in [-0.3, -0.25) is 0 Å². The summed E-state index contributed by atoms with van der Waals surface area (Å²) < 4.78 is 86.6. The summed E-state index contributed by atoms with van der Waals surface area (Å²) in [6.45, 7) is -1.41. The number of hydrogen-bond donors (Lipinski definition) is 3. The summed E-state index contributed by atoms with van der Waals surface area (Å²) in [6.07, 6.45) is -8.00. The zero-order valence-corrected chi connectivity index (χ0v) is 10.4. The third kappa shape index (κ3) is 3.77. The van der Waals surface area contributed by atoms with Gasteiger partial charge in [0.1, 0.15) is 16.5 Å². The molecule has 1 unspecified atom stereocenters. The number of benzene rings is 1. The van der Waals surface area contributed by atoms with Crippen LogP contribution in [0.1, 0.15) is 0 Å². The number of aliphatic hydroxyl groups excluding tert-OH is 1. The predicted octanol–water partition coefficient (Wildman–Crippen LogP) is 0.748. The zero-order chi connectivity index (χ0) is 15.7. The Labute approximate surface area is 110 Å². The third-order valence-corrected chi connectivity index (χ3v) is 3.62. The zero-order valence-electron chi connectivity index (χ0n) is 9.58. The van der Waals surface area contributed by atoms with Gasteiger partial charge in [-0.05, 0) is 6.07 Å². The molecule has 0 heterocycles. The number of sulfonamides is 1. The molecule has 11 heteroatoms. The van der Waals surface area contributed by atoms with E-state index < -0.39 is 51.1 Å². The fourth-order valence-corrected chi connectivity index (χ4v) is 2.26. The summed E-state index contributed by atoms with van der Waals surface area (Å²) in [4.78, 5) is -1.12. The van der Waals surface area contributed by atoms with Crippen LogP contribution in [0.3, 0.4) is 0 Å². The average molecular weight is 320 g/mol. The van der Waals surface area contributed by atoms with Gasteiger partial charge in [-0.15, -0.1) is 0 Å². The molecule has 0 saturated heterocycles. The topological polar surface area (TPSA) is 92.4 Å². The highest BCUT2D eigenvalue weighted by atomic mass is 32.2. The minimum absolute atomic E-state index is 0.185. The molecule has 0 radical (unpaired) electrons. The van der Waals surface area contributed by atoms with Crippen molar-refractivity contribution < 1.29 is 35.5 Å². The van der Waals surface area contributed by atoms with E-state index in [4.69, 9.17) is 10.8 Å². The maximum absolute atomic E-state index is 13.3. The first-order valence-corrected chi connectivity index (χ1v) is 6.42. The van der Waals surface area contributed by atoms with E-state index in [-0.39, 0.29) is 6.07 Å². The summed E-state index contributed by atoms with van der Waals surface area (Å²) in [7, 11) is -4.72. The van der Waals surface area contributed by atoms with Gasteiger partial charge < -0.3 is 10.8 Å². The number of hydrogen-bond acceptors (Lipinski definition) is 4. The number of nitrogens with two attached hydrogens (primary N) is 1. The molecule has 1 aromatic rings. The number of rotatable bonds is 4. The highest BCUT2D eigenvalue weighted by Crippen LogP contribution is 2.22. The van der Waals surface area contributed by atoms with Gasteiger partial charge in [0.05, 0.1) is 5.69 Å². The van der Waals surface area contributed by atoms with E-state index in [9.17, 15) is 30.4 Å². The molecule has 0 aromatic heterocycles. The first-order chi connectivity index (χ1) is 8.95. The van der Waals surface area contributed by atoms with Gasteiger partial charge in [-0.25, -0.2) is 21.9 Å². The molecule has 1 aromatic carbocycles. The smallest absolute Gasteiger partial charge is 0.396 e. The number of nitrogens with one attached hydrogen (secondary N) is 1. The minimum atomic E-state index is -5.04. The van der Waals surface area contributed by atoms with Crippen LogP contribution in [0.15, 0.2) is 17.0 Å². The second kappa shape index (κ2) is 5.50. The lowest BCUT2D eigenvalue weighted by molar-refractivity contribution is -0.200. The molecule has 0 aliphatic heterocycles. The molecule has 20 heavy (non-hydrogen) atoms. The van der Waals surface area contributed by atoms with Crippen LogP contribution in [-0.2, 0) is 10.0 Å². The van der Waals surface area contributed by atoms with Crippen LogP contribution in [0.4, 0.5) is 27.6 Å². The van der Waals surface area contributed by atoms with Crippen LogP contribution < -0.4 is 10.5 Å². The Morgan fingerprint density at radius 3 is 2.30 bits per heavy atom. The van der Waals surface area contributed by atoms with Crippen molar-refractivity contribution in [1.29, 1.82) is 0 Å². The van der Waals surface area contributed by atoms with Crippen LogP contribution in [0, 0.1) is 11.6 Å². The summed E-state index contributed by atoms with van der Waals surface area (Å²) >= 11 is 0. The maximum atomic E-state index is 13.3. The standard InChI is InChI=1S/C9H9F5N2O3S/c10-4-1-5(11)7(2-6(4)15)20(18,19)16-3-8(17)9(12,13)14/h1-2,8,16-17H,3,15H2. The first kappa shape index (κ1) is 16.6. The van der Waals surface area contributed by atoms with Crippen molar-refractivity contribution in [2.75, 3.05) is 12.3 Å². The van der Waals surface area contributed by atoms with Crippen LogP contribution in [0.25, 0.3) is 0 Å². The van der Waals surface area contributed by atoms with Crippen molar-refractivity contribution in [1.82, 2.24) is 4.72 Å². The number of anilines is 1. The van der Waals surface area contributed by atoms with Gasteiger partial charge >= 0.3 is 6.18 Å². The molecule has 0 spiro atoms. The molecule has 4 N–H and O–H groups in total. The Morgan fingerprint density at radius 1 is 1.25 bits per heavy atom. The van der Waals surface area contributed by atoms with Crippen LogP contribution in [0.5, 0.6) is 0 Å². The van der Waals surface area contributed by atoms with Crippen LogP contribution >= 0.6 is 0 Å². The Kier molecular flexibility index (Phi) is 4.56. The summed E-state index contributed by atoms with van der Waals surface area (Å²) in [5.74, 6) is -2.73. The second-order valence-electron chi connectivity index (χ2n) is 3.71. The monoisotopic (exact) mass is 320 g/mol. The lowest BCUT2D eigenvalue weighted by atomic mass is 10.3. The summed E-state index contributed by atoms with van der Waals surface area (Å²) in [5, 5.41) is 8.63. The van der Waals surface area contributed by atoms with Gasteiger partial charge in [0.25, 0.3) is 0 Å². The van der Waals surface area contributed by atoms with Crippen molar-refractivity contribution >= 4 is 15.7 Å². The molecule has 0 aliphatic rings. The van der Waals surface area contributed by atoms with E-state index in [0.29, 0.717) is 6.07 Å². The quantitative estimate of drug-likeness (QED) is 0.564. The largest absolute Gasteiger partial charge is 0.415 e. The van der Waals surface area contributed by atoms with E-state index in [1.165, 1.54) is 4.72 Å². The molecule has 0 fully saturated rings. The maximum Gasteiger partial charge on any atom is 0.415 e. The molecular weight excluding hydrogens is 311 g/mol. The van der Waals surface area contributed by atoms with Crippen molar-refractivity contribution in [2.45, 2.75) is 17.2 Å². The number of nitrogen functional groups attached to an aromatic ring is 1. The van der Waals surface area contributed by atoms with E-state index in [1.807, 2.05) is 0 Å². The van der Waals surface area contributed by atoms with Crippen LogP contribution in [0.2, 0.25) is 0 Å². The van der Waals surface area contributed by atoms with E-state index in [2.05, 4.69) is 0 Å². The first-order valence-electron chi connectivity index (χ1n) is 4.94. The molecule has 0 saturated carbocycles. The van der Waals surface area contributed by atoms with Crippen LogP contribution in [-0.4, -0.2) is 32.3 Å². The Balaban J connectivity index is 2.98. The van der Waals surface area contributed by atoms with E-state index >= 15 is 0 Å². The molecule has 1 atom stereocenters. The van der Waals surface area contributed by atoms with Crippen molar-refractivity contribution in [3.05, 3.63) is 23.8 Å². The lowest BCUT2D eigenvalue weighted by Gasteiger charge is -2.15. The molecule has 0 bridgehead atoms. The number of alkyl halides is 3. The van der Waals surface area contributed by atoms with E-state index in [1.54, 1.807) is 0 Å². The molecule has 1 rings (SSSR count). The Bertz CT molecular complexity index is 602. The fraction of sp³-hybridized carbons (Fsp3) is 0.333. The van der Waals surface area contributed by atoms with Gasteiger partial charge in [0.2, 0.25) is 10.0 Å². The van der Waals surface area contributed by atoms with Gasteiger partial charge in [0.15, 0.2) is 6.10 Å². The lowest BCUT2D eigenvalue weighted by Crippen LogP contribution is -2.40. The number of halogens is 5. The minimum Gasteiger partial charge on any atom is -0.396 e. The molecule has 0 aliphatic carbocycles. The van der Waals surface area contributed by atoms with Gasteiger partial charge in [-0.2, -0.15) is 13.2 Å². The Morgan fingerprint density at radius 2 is 1.80 bits per heavy atom. The molecule has 5 nitrogen and oxygen atoms in total. The SMILES string of the molecule is Nc1cc(S(=O)(=O)NCC(O)C(F)(F)F)c(F)cc1F. The summed E-state index contributed by atoms with van der Waals surface area (Å²) in [6, 6.07) is 0.608. The molecule has 114 valence electrons. The average Bonchev–Trinajstić information content (AvgIpc) is 2.29. The van der Waals surface area contributed by atoms with Gasteiger partial charge in [-0.1, -0.05) is 0 Å². The predicted molar refractivity (Wildman–Crippen MR) is 58.0 cm³/mol. The summed E-state index contributed by atoms with van der Waals surface area (Å²) in [5.41, 5.74) is 4.36. The van der Waals surface area contributed by atoms with Crippen molar-refractivity contribution in [3.63, 3.8) is 0 Å². The van der Waals surface area contributed by atoms with Gasteiger partial charge in [0, 0.05) is 12.6 Å². The Hall–Kier alpha value is -1.46.